The first kappa shape index (κ1) is 14.4. The van der Waals surface area contributed by atoms with Gasteiger partial charge in [0, 0.05) is 12.1 Å². The first-order valence-corrected chi connectivity index (χ1v) is 7.80. The van der Waals surface area contributed by atoms with Crippen LogP contribution in [0.3, 0.4) is 0 Å². The number of nitro groups is 1. The number of hydrogen-bond acceptors (Lipinski definition) is 3. The smallest absolute Gasteiger partial charge is 0.258 e. The molecule has 1 aromatic heterocycles. The molecule has 0 amide bonds. The third kappa shape index (κ3) is 2.50. The zero-order valence-corrected chi connectivity index (χ0v) is 12.9. The fourth-order valence-electron chi connectivity index (χ4n) is 3.10. The standard InChI is InChI=1S/C19H15N3O2/c23-22(24)18-10-8-17(9-11-18)21-19-15(6-7-16(19)13-20-21)12-14-4-2-1-3-5-14/h1-5,8-13H,6-7H2. The summed E-state index contributed by atoms with van der Waals surface area (Å²) in [5.41, 5.74) is 5.65. The van der Waals surface area contributed by atoms with Crippen LogP contribution in [0.2, 0.25) is 0 Å². The van der Waals surface area contributed by atoms with E-state index in [0.717, 1.165) is 29.8 Å². The molecule has 5 nitrogen and oxygen atoms in total. The molecule has 3 aromatic rings. The topological polar surface area (TPSA) is 61.0 Å². The third-order valence-electron chi connectivity index (χ3n) is 4.26. The monoisotopic (exact) mass is 317 g/mol. The van der Waals surface area contributed by atoms with E-state index in [2.05, 4.69) is 23.3 Å². The molecule has 0 bridgehead atoms. The SMILES string of the molecule is O=[N+]([O-])c1ccc(-n2ncc3c2C(=Cc2ccccc2)CC3)cc1. The van der Waals surface area contributed by atoms with Crippen molar-refractivity contribution in [2.75, 3.05) is 0 Å². The predicted molar refractivity (Wildman–Crippen MR) is 92.9 cm³/mol. The molecular weight excluding hydrogens is 302 g/mol. The molecular formula is C19H15N3O2. The first-order valence-electron chi connectivity index (χ1n) is 7.80. The first-order chi connectivity index (χ1) is 11.7. The number of nitro benzene ring substituents is 1. The van der Waals surface area contributed by atoms with Crippen molar-refractivity contribution in [2.24, 2.45) is 0 Å². The van der Waals surface area contributed by atoms with Crippen LogP contribution in [-0.2, 0) is 6.42 Å². The van der Waals surface area contributed by atoms with Gasteiger partial charge in [-0.3, -0.25) is 10.1 Å². The predicted octanol–water partition coefficient (Wildman–Crippen LogP) is 4.27. The van der Waals surface area contributed by atoms with Gasteiger partial charge < -0.3 is 0 Å². The van der Waals surface area contributed by atoms with Crippen LogP contribution in [0.1, 0.15) is 23.2 Å². The maximum atomic E-state index is 10.8. The molecule has 0 radical (unpaired) electrons. The molecule has 0 saturated carbocycles. The number of benzene rings is 2. The summed E-state index contributed by atoms with van der Waals surface area (Å²) in [6.45, 7) is 0. The van der Waals surface area contributed by atoms with Gasteiger partial charge in [0.05, 0.1) is 22.5 Å². The summed E-state index contributed by atoms with van der Waals surface area (Å²) in [6, 6.07) is 16.7. The summed E-state index contributed by atoms with van der Waals surface area (Å²) in [7, 11) is 0. The number of hydrogen-bond donors (Lipinski definition) is 0. The van der Waals surface area contributed by atoms with E-state index in [1.165, 1.54) is 23.3 Å². The van der Waals surface area contributed by atoms with Gasteiger partial charge in [-0.05, 0) is 47.8 Å². The highest BCUT2D eigenvalue weighted by Gasteiger charge is 2.22. The average molecular weight is 317 g/mol. The Morgan fingerprint density at radius 2 is 1.79 bits per heavy atom. The molecule has 0 atom stereocenters. The van der Waals surface area contributed by atoms with E-state index in [-0.39, 0.29) is 5.69 Å². The van der Waals surface area contributed by atoms with Crippen molar-refractivity contribution in [3.8, 4) is 5.69 Å². The van der Waals surface area contributed by atoms with Gasteiger partial charge in [0.2, 0.25) is 0 Å². The van der Waals surface area contributed by atoms with E-state index in [1.807, 2.05) is 29.1 Å². The van der Waals surface area contributed by atoms with Crippen LogP contribution in [0.25, 0.3) is 17.3 Å². The minimum atomic E-state index is -0.391. The highest BCUT2D eigenvalue weighted by Crippen LogP contribution is 2.35. The molecule has 0 spiro atoms. The lowest BCUT2D eigenvalue weighted by atomic mass is 10.1. The molecule has 1 aliphatic rings. The van der Waals surface area contributed by atoms with Gasteiger partial charge >= 0.3 is 0 Å². The molecule has 118 valence electrons. The lowest BCUT2D eigenvalue weighted by molar-refractivity contribution is -0.384. The summed E-state index contributed by atoms with van der Waals surface area (Å²) in [4.78, 5) is 10.4. The van der Waals surface area contributed by atoms with Crippen LogP contribution in [0.15, 0.2) is 60.8 Å². The van der Waals surface area contributed by atoms with E-state index < -0.39 is 4.92 Å². The Balaban J connectivity index is 1.76. The van der Waals surface area contributed by atoms with Gasteiger partial charge in [-0.15, -0.1) is 0 Å². The minimum Gasteiger partial charge on any atom is -0.258 e. The van der Waals surface area contributed by atoms with E-state index in [9.17, 15) is 10.1 Å². The molecule has 0 unspecified atom stereocenters. The average Bonchev–Trinajstić information content (AvgIpc) is 3.19. The third-order valence-corrected chi connectivity index (χ3v) is 4.26. The van der Waals surface area contributed by atoms with Gasteiger partial charge in [0.25, 0.3) is 5.69 Å². The van der Waals surface area contributed by atoms with Crippen molar-refractivity contribution < 1.29 is 4.92 Å². The lowest BCUT2D eigenvalue weighted by Gasteiger charge is -2.08. The van der Waals surface area contributed by atoms with Crippen LogP contribution in [0, 0.1) is 10.1 Å². The zero-order valence-electron chi connectivity index (χ0n) is 12.9. The van der Waals surface area contributed by atoms with Crippen molar-refractivity contribution in [1.29, 1.82) is 0 Å². The van der Waals surface area contributed by atoms with Crippen LogP contribution in [-0.4, -0.2) is 14.7 Å². The summed E-state index contributed by atoms with van der Waals surface area (Å²) in [5, 5.41) is 15.3. The second-order valence-electron chi connectivity index (χ2n) is 5.78. The Morgan fingerprint density at radius 1 is 1.04 bits per heavy atom. The quantitative estimate of drug-likeness (QED) is 0.535. The molecule has 4 rings (SSSR count). The molecule has 24 heavy (non-hydrogen) atoms. The second kappa shape index (κ2) is 5.77. The van der Waals surface area contributed by atoms with Crippen molar-refractivity contribution in [2.45, 2.75) is 12.8 Å². The maximum absolute atomic E-state index is 10.8. The van der Waals surface area contributed by atoms with E-state index in [0.29, 0.717) is 0 Å². The number of non-ortho nitro benzene ring substituents is 1. The van der Waals surface area contributed by atoms with Crippen molar-refractivity contribution in [1.82, 2.24) is 9.78 Å². The van der Waals surface area contributed by atoms with Crippen molar-refractivity contribution in [3.05, 3.63) is 87.7 Å². The Labute approximate surface area is 139 Å². The Hall–Kier alpha value is -3.21. The van der Waals surface area contributed by atoms with E-state index in [1.54, 1.807) is 12.1 Å². The second-order valence-corrected chi connectivity index (χ2v) is 5.78. The Morgan fingerprint density at radius 3 is 2.50 bits per heavy atom. The van der Waals surface area contributed by atoms with E-state index >= 15 is 0 Å². The number of aromatic nitrogens is 2. The van der Waals surface area contributed by atoms with Crippen LogP contribution in [0.5, 0.6) is 0 Å². The van der Waals surface area contributed by atoms with Crippen molar-refractivity contribution in [3.63, 3.8) is 0 Å². The number of rotatable bonds is 3. The molecule has 0 aliphatic heterocycles. The molecule has 0 N–H and O–H groups in total. The van der Waals surface area contributed by atoms with Gasteiger partial charge in [-0.25, -0.2) is 4.68 Å². The number of allylic oxidation sites excluding steroid dienone is 1. The van der Waals surface area contributed by atoms with Gasteiger partial charge in [-0.2, -0.15) is 5.10 Å². The number of aryl methyl sites for hydroxylation is 1. The molecule has 0 saturated heterocycles. The minimum absolute atomic E-state index is 0.0857. The number of nitrogens with zero attached hydrogens (tertiary/aromatic N) is 3. The molecule has 2 aromatic carbocycles. The fourth-order valence-corrected chi connectivity index (χ4v) is 3.10. The van der Waals surface area contributed by atoms with Crippen molar-refractivity contribution >= 4 is 17.3 Å². The molecule has 1 aliphatic carbocycles. The maximum Gasteiger partial charge on any atom is 0.269 e. The summed E-state index contributed by atoms with van der Waals surface area (Å²) in [6.07, 6.45) is 6.04. The summed E-state index contributed by atoms with van der Waals surface area (Å²) in [5.74, 6) is 0. The fraction of sp³-hybridized carbons (Fsp3) is 0.105. The summed E-state index contributed by atoms with van der Waals surface area (Å²) < 4.78 is 1.88. The largest absolute Gasteiger partial charge is 0.269 e. The van der Waals surface area contributed by atoms with Gasteiger partial charge in [-0.1, -0.05) is 30.3 Å². The van der Waals surface area contributed by atoms with Crippen LogP contribution < -0.4 is 0 Å². The summed E-state index contributed by atoms with van der Waals surface area (Å²) >= 11 is 0. The zero-order chi connectivity index (χ0) is 16.5. The normalized spacial score (nSPS) is 14.8. The molecule has 5 heteroatoms. The van der Waals surface area contributed by atoms with Gasteiger partial charge in [0.15, 0.2) is 0 Å². The highest BCUT2D eigenvalue weighted by molar-refractivity contribution is 5.84. The molecule has 0 fully saturated rings. The highest BCUT2D eigenvalue weighted by atomic mass is 16.6. The van der Waals surface area contributed by atoms with Gasteiger partial charge in [0.1, 0.15) is 0 Å². The Kier molecular flexibility index (Phi) is 3.46. The lowest BCUT2D eigenvalue weighted by Crippen LogP contribution is -2.01. The molecule has 1 heterocycles. The van der Waals surface area contributed by atoms with E-state index in [4.69, 9.17) is 0 Å². The number of fused-ring (bicyclic) bond motifs is 1. The Bertz CT molecular complexity index is 925. The van der Waals surface area contributed by atoms with Crippen LogP contribution in [0.4, 0.5) is 5.69 Å². The van der Waals surface area contributed by atoms with Crippen LogP contribution >= 0.6 is 0 Å².